The predicted octanol–water partition coefficient (Wildman–Crippen LogP) is 2.92. The van der Waals surface area contributed by atoms with E-state index in [1.165, 1.54) is 12.8 Å². The number of carbonyl (C=O) groups is 1. The molecule has 1 aliphatic rings. The van der Waals surface area contributed by atoms with Gasteiger partial charge in [-0.2, -0.15) is 0 Å². The van der Waals surface area contributed by atoms with Crippen molar-refractivity contribution in [2.24, 2.45) is 0 Å². The molecule has 0 unspecified atom stereocenters. The van der Waals surface area contributed by atoms with E-state index in [4.69, 9.17) is 0 Å². The summed E-state index contributed by atoms with van der Waals surface area (Å²) in [5.41, 5.74) is 1.58. The van der Waals surface area contributed by atoms with E-state index in [-0.39, 0.29) is 5.91 Å². The summed E-state index contributed by atoms with van der Waals surface area (Å²) < 4.78 is 0. The van der Waals surface area contributed by atoms with Gasteiger partial charge in [0.15, 0.2) is 0 Å². The van der Waals surface area contributed by atoms with Gasteiger partial charge in [0.05, 0.1) is 11.3 Å². The van der Waals surface area contributed by atoms with Crippen molar-refractivity contribution in [3.05, 3.63) is 24.0 Å². The Balaban J connectivity index is 2.13. The topological polar surface area (TPSA) is 45.2 Å². The molecule has 4 nitrogen and oxygen atoms in total. The molecule has 19 heavy (non-hydrogen) atoms. The molecule has 1 aromatic rings. The zero-order chi connectivity index (χ0) is 13.7. The lowest BCUT2D eigenvalue weighted by Gasteiger charge is -2.25. The van der Waals surface area contributed by atoms with Crippen molar-refractivity contribution < 1.29 is 4.79 Å². The standard InChI is InChI=1S/C15H23N3O/c1-3-9-17-14-8-10-16-11-13(14)15(19)18(2)12-6-4-5-7-12/h8,10-12H,3-7,9H2,1-2H3,(H,16,17). The summed E-state index contributed by atoms with van der Waals surface area (Å²) in [7, 11) is 1.91. The molecule has 1 amide bonds. The van der Waals surface area contributed by atoms with E-state index in [9.17, 15) is 4.79 Å². The van der Waals surface area contributed by atoms with Crippen LogP contribution in [0.1, 0.15) is 49.4 Å². The number of nitrogens with one attached hydrogen (secondary N) is 1. The van der Waals surface area contributed by atoms with Gasteiger partial charge >= 0.3 is 0 Å². The minimum Gasteiger partial charge on any atom is -0.384 e. The minimum absolute atomic E-state index is 0.0820. The van der Waals surface area contributed by atoms with Crippen LogP contribution in [-0.4, -0.2) is 35.4 Å². The number of pyridine rings is 1. The molecule has 0 radical (unpaired) electrons. The summed E-state index contributed by atoms with van der Waals surface area (Å²) in [4.78, 5) is 18.5. The van der Waals surface area contributed by atoms with Gasteiger partial charge in [-0.3, -0.25) is 9.78 Å². The maximum absolute atomic E-state index is 12.6. The Bertz CT molecular complexity index is 427. The van der Waals surface area contributed by atoms with Gasteiger partial charge < -0.3 is 10.2 Å². The zero-order valence-electron chi connectivity index (χ0n) is 11.9. The number of amides is 1. The summed E-state index contributed by atoms with van der Waals surface area (Å²) in [6.45, 7) is 2.98. The number of hydrogen-bond donors (Lipinski definition) is 1. The largest absolute Gasteiger partial charge is 0.384 e. The van der Waals surface area contributed by atoms with Crippen LogP contribution in [0.3, 0.4) is 0 Å². The first kappa shape index (κ1) is 13.8. The van der Waals surface area contributed by atoms with Gasteiger partial charge in [-0.15, -0.1) is 0 Å². The number of hydrogen-bond acceptors (Lipinski definition) is 3. The molecular weight excluding hydrogens is 238 g/mol. The van der Waals surface area contributed by atoms with Crippen molar-refractivity contribution in [1.29, 1.82) is 0 Å². The molecule has 1 N–H and O–H groups in total. The molecule has 1 saturated carbocycles. The SMILES string of the molecule is CCCNc1ccncc1C(=O)N(C)C1CCCC1. The van der Waals surface area contributed by atoms with Gasteiger partial charge in [-0.25, -0.2) is 0 Å². The van der Waals surface area contributed by atoms with Crippen LogP contribution in [0, 0.1) is 0 Å². The molecule has 0 aromatic carbocycles. The van der Waals surface area contributed by atoms with Crippen LogP contribution in [-0.2, 0) is 0 Å². The fraction of sp³-hybridized carbons (Fsp3) is 0.600. The van der Waals surface area contributed by atoms with Crippen LogP contribution in [0.15, 0.2) is 18.5 Å². The Hall–Kier alpha value is -1.58. The Morgan fingerprint density at radius 3 is 2.89 bits per heavy atom. The van der Waals surface area contributed by atoms with Crippen LogP contribution in [0.25, 0.3) is 0 Å². The van der Waals surface area contributed by atoms with E-state index in [1.54, 1.807) is 12.4 Å². The number of anilines is 1. The third-order valence-electron chi connectivity index (χ3n) is 3.81. The van der Waals surface area contributed by atoms with Gasteiger partial charge in [0.25, 0.3) is 5.91 Å². The summed E-state index contributed by atoms with van der Waals surface area (Å²) in [5, 5.41) is 3.30. The third-order valence-corrected chi connectivity index (χ3v) is 3.81. The molecule has 1 fully saturated rings. The maximum atomic E-state index is 12.6. The lowest BCUT2D eigenvalue weighted by molar-refractivity contribution is 0.0735. The number of nitrogens with zero attached hydrogens (tertiary/aromatic N) is 2. The molecule has 0 bridgehead atoms. The fourth-order valence-corrected chi connectivity index (χ4v) is 2.63. The Kier molecular flexibility index (Phi) is 4.77. The van der Waals surface area contributed by atoms with Crippen molar-refractivity contribution >= 4 is 11.6 Å². The number of carbonyl (C=O) groups excluding carboxylic acids is 1. The monoisotopic (exact) mass is 261 g/mol. The van der Waals surface area contributed by atoms with E-state index >= 15 is 0 Å². The minimum atomic E-state index is 0.0820. The van der Waals surface area contributed by atoms with Crippen molar-refractivity contribution in [2.45, 2.75) is 45.1 Å². The van der Waals surface area contributed by atoms with Gasteiger partial charge in [0, 0.05) is 32.0 Å². The van der Waals surface area contributed by atoms with E-state index < -0.39 is 0 Å². The predicted molar refractivity (Wildman–Crippen MR) is 77.4 cm³/mol. The fourth-order valence-electron chi connectivity index (χ4n) is 2.63. The normalized spacial score (nSPS) is 15.5. The van der Waals surface area contributed by atoms with Crippen LogP contribution in [0.4, 0.5) is 5.69 Å². The highest BCUT2D eigenvalue weighted by atomic mass is 16.2. The van der Waals surface area contributed by atoms with E-state index in [0.29, 0.717) is 11.6 Å². The third kappa shape index (κ3) is 3.25. The highest BCUT2D eigenvalue weighted by Crippen LogP contribution is 2.25. The Labute approximate surface area is 115 Å². The molecule has 4 heteroatoms. The van der Waals surface area contributed by atoms with Crippen molar-refractivity contribution in [3.8, 4) is 0 Å². The number of rotatable bonds is 5. The number of aromatic nitrogens is 1. The Morgan fingerprint density at radius 2 is 2.21 bits per heavy atom. The zero-order valence-corrected chi connectivity index (χ0v) is 11.9. The molecule has 0 spiro atoms. The quantitative estimate of drug-likeness (QED) is 0.886. The second-order valence-corrected chi connectivity index (χ2v) is 5.20. The van der Waals surface area contributed by atoms with Gasteiger partial charge in [-0.1, -0.05) is 19.8 Å². The van der Waals surface area contributed by atoms with Crippen LogP contribution in [0.5, 0.6) is 0 Å². The molecule has 2 rings (SSSR count). The highest BCUT2D eigenvalue weighted by Gasteiger charge is 2.25. The first-order valence-electron chi connectivity index (χ1n) is 7.19. The van der Waals surface area contributed by atoms with E-state index in [0.717, 1.165) is 31.5 Å². The highest BCUT2D eigenvalue weighted by molar-refractivity contribution is 5.99. The molecule has 104 valence electrons. The lowest BCUT2D eigenvalue weighted by Crippen LogP contribution is -2.35. The van der Waals surface area contributed by atoms with Gasteiger partial charge in [-0.05, 0) is 25.3 Å². The molecule has 1 aliphatic carbocycles. The lowest BCUT2D eigenvalue weighted by atomic mass is 10.1. The first-order chi connectivity index (χ1) is 9.24. The summed E-state index contributed by atoms with van der Waals surface area (Å²) in [6.07, 6.45) is 9.15. The van der Waals surface area contributed by atoms with Crippen molar-refractivity contribution in [1.82, 2.24) is 9.88 Å². The molecular formula is C15H23N3O. The van der Waals surface area contributed by atoms with Crippen LogP contribution in [0.2, 0.25) is 0 Å². The van der Waals surface area contributed by atoms with Crippen LogP contribution < -0.4 is 5.32 Å². The van der Waals surface area contributed by atoms with Gasteiger partial charge in [0.1, 0.15) is 0 Å². The van der Waals surface area contributed by atoms with Crippen molar-refractivity contribution in [2.75, 3.05) is 18.9 Å². The molecule has 0 saturated heterocycles. The molecule has 0 atom stereocenters. The second-order valence-electron chi connectivity index (χ2n) is 5.20. The van der Waals surface area contributed by atoms with Gasteiger partial charge in [0.2, 0.25) is 0 Å². The van der Waals surface area contributed by atoms with E-state index in [2.05, 4.69) is 17.2 Å². The summed E-state index contributed by atoms with van der Waals surface area (Å²) >= 11 is 0. The smallest absolute Gasteiger partial charge is 0.257 e. The van der Waals surface area contributed by atoms with E-state index in [1.807, 2.05) is 18.0 Å². The maximum Gasteiger partial charge on any atom is 0.257 e. The molecule has 0 aliphatic heterocycles. The van der Waals surface area contributed by atoms with Crippen molar-refractivity contribution in [3.63, 3.8) is 0 Å². The molecule has 1 aromatic heterocycles. The molecule has 1 heterocycles. The average molecular weight is 261 g/mol. The average Bonchev–Trinajstić information content (AvgIpc) is 2.98. The summed E-state index contributed by atoms with van der Waals surface area (Å²) in [5.74, 6) is 0.0820. The Morgan fingerprint density at radius 1 is 1.47 bits per heavy atom. The second kappa shape index (κ2) is 6.55. The van der Waals surface area contributed by atoms with Crippen LogP contribution >= 0.6 is 0 Å². The first-order valence-corrected chi connectivity index (χ1v) is 7.19. The summed E-state index contributed by atoms with van der Waals surface area (Å²) in [6, 6.07) is 2.28.